The second-order valence-corrected chi connectivity index (χ2v) is 5.34. The molecule has 19 heavy (non-hydrogen) atoms. The maximum atomic E-state index is 12.0. The van der Waals surface area contributed by atoms with Gasteiger partial charge in [-0.1, -0.05) is 32.0 Å². The quantitative estimate of drug-likeness (QED) is 0.825. The average molecular weight is 254 g/mol. The summed E-state index contributed by atoms with van der Waals surface area (Å²) in [6, 6.07) is 8.27. The monoisotopic (exact) mass is 254 g/mol. The van der Waals surface area contributed by atoms with Crippen molar-refractivity contribution in [1.82, 2.24) is 9.78 Å². The third-order valence-electron chi connectivity index (χ3n) is 3.85. The van der Waals surface area contributed by atoms with Crippen molar-refractivity contribution in [3.05, 3.63) is 47.3 Å². The van der Waals surface area contributed by atoms with Crippen LogP contribution in [-0.4, -0.2) is 15.6 Å². The first kappa shape index (κ1) is 12.2. The summed E-state index contributed by atoms with van der Waals surface area (Å²) in [5.41, 5.74) is 4.25. The van der Waals surface area contributed by atoms with E-state index in [1.807, 2.05) is 16.8 Å². The molecule has 1 aliphatic carbocycles. The van der Waals surface area contributed by atoms with Crippen LogP contribution in [-0.2, 0) is 12.8 Å². The third-order valence-corrected chi connectivity index (χ3v) is 3.85. The summed E-state index contributed by atoms with van der Waals surface area (Å²) < 4.78 is 1.96. The Morgan fingerprint density at radius 1 is 1.32 bits per heavy atom. The molecule has 3 nitrogen and oxygen atoms in total. The molecule has 3 heteroatoms. The zero-order valence-corrected chi connectivity index (χ0v) is 11.4. The molecule has 1 aromatic carbocycles. The molecule has 1 heterocycles. The van der Waals surface area contributed by atoms with Crippen LogP contribution in [0.25, 0.3) is 5.69 Å². The molecule has 0 saturated carbocycles. The molecule has 0 aliphatic heterocycles. The largest absolute Gasteiger partial charge is 0.294 e. The molecule has 0 unspecified atom stereocenters. The molecule has 1 aromatic heterocycles. The van der Waals surface area contributed by atoms with Crippen LogP contribution in [0, 0.1) is 5.92 Å². The summed E-state index contributed by atoms with van der Waals surface area (Å²) >= 11 is 0. The fraction of sp³-hybridized carbons (Fsp3) is 0.375. The van der Waals surface area contributed by atoms with Crippen LogP contribution in [0.2, 0.25) is 0 Å². The van der Waals surface area contributed by atoms with Gasteiger partial charge in [0.05, 0.1) is 23.1 Å². The minimum absolute atomic E-state index is 0.231. The maximum Gasteiger partial charge on any atom is 0.166 e. The second kappa shape index (κ2) is 4.65. The predicted molar refractivity (Wildman–Crippen MR) is 74.8 cm³/mol. The highest BCUT2D eigenvalue weighted by molar-refractivity contribution is 5.98. The Hall–Kier alpha value is -1.90. The number of benzene rings is 1. The van der Waals surface area contributed by atoms with Gasteiger partial charge in [-0.05, 0) is 30.4 Å². The number of hydrogen-bond donors (Lipinski definition) is 0. The van der Waals surface area contributed by atoms with Crippen molar-refractivity contribution >= 4 is 5.78 Å². The van der Waals surface area contributed by atoms with Gasteiger partial charge in [0.15, 0.2) is 5.78 Å². The SMILES string of the molecule is CCc1ccccc1-n1ncc2c1C[C@@H](C)CC2=O. The molecule has 0 saturated heterocycles. The molecule has 0 spiro atoms. The highest BCUT2D eigenvalue weighted by atomic mass is 16.1. The summed E-state index contributed by atoms with van der Waals surface area (Å²) in [7, 11) is 0. The van der Waals surface area contributed by atoms with Crippen molar-refractivity contribution in [3.63, 3.8) is 0 Å². The topological polar surface area (TPSA) is 34.9 Å². The first-order valence-corrected chi connectivity index (χ1v) is 6.89. The summed E-state index contributed by atoms with van der Waals surface area (Å²) in [4.78, 5) is 12.0. The number of Topliss-reactive ketones (excluding diaryl/α,β-unsaturated/α-hetero) is 1. The maximum absolute atomic E-state index is 12.0. The van der Waals surface area contributed by atoms with E-state index in [0.29, 0.717) is 12.3 Å². The van der Waals surface area contributed by atoms with E-state index < -0.39 is 0 Å². The number of carbonyl (C=O) groups is 1. The molecule has 0 fully saturated rings. The van der Waals surface area contributed by atoms with Gasteiger partial charge in [-0.3, -0.25) is 4.79 Å². The molecule has 1 atom stereocenters. The van der Waals surface area contributed by atoms with Gasteiger partial charge in [0.1, 0.15) is 0 Å². The first-order valence-electron chi connectivity index (χ1n) is 6.89. The zero-order chi connectivity index (χ0) is 13.4. The molecule has 98 valence electrons. The lowest BCUT2D eigenvalue weighted by Crippen LogP contribution is -2.19. The van der Waals surface area contributed by atoms with E-state index in [1.165, 1.54) is 5.56 Å². The van der Waals surface area contributed by atoms with E-state index in [9.17, 15) is 4.79 Å². The van der Waals surface area contributed by atoms with Crippen molar-refractivity contribution in [1.29, 1.82) is 0 Å². The number of fused-ring (bicyclic) bond motifs is 1. The lowest BCUT2D eigenvalue weighted by Gasteiger charge is -2.19. The van der Waals surface area contributed by atoms with Crippen LogP contribution in [0.15, 0.2) is 30.5 Å². The highest BCUT2D eigenvalue weighted by Crippen LogP contribution is 2.28. The molecule has 0 N–H and O–H groups in total. The van der Waals surface area contributed by atoms with Crippen molar-refractivity contribution in [2.24, 2.45) is 5.92 Å². The highest BCUT2D eigenvalue weighted by Gasteiger charge is 2.27. The Kier molecular flexibility index (Phi) is 2.97. The van der Waals surface area contributed by atoms with E-state index in [1.54, 1.807) is 6.20 Å². The predicted octanol–water partition coefficient (Wildman–Crippen LogP) is 3.20. The van der Waals surface area contributed by atoms with E-state index in [-0.39, 0.29) is 5.78 Å². The van der Waals surface area contributed by atoms with Crippen LogP contribution in [0.3, 0.4) is 0 Å². The minimum atomic E-state index is 0.231. The fourth-order valence-corrected chi connectivity index (χ4v) is 2.86. The Morgan fingerprint density at radius 3 is 2.89 bits per heavy atom. The fourth-order valence-electron chi connectivity index (χ4n) is 2.86. The number of aromatic nitrogens is 2. The van der Waals surface area contributed by atoms with Gasteiger partial charge in [0.2, 0.25) is 0 Å². The molecular formula is C16H18N2O. The van der Waals surface area contributed by atoms with Gasteiger partial charge in [-0.25, -0.2) is 4.68 Å². The molecule has 0 bridgehead atoms. The summed E-state index contributed by atoms with van der Waals surface area (Å²) in [6.45, 7) is 4.27. The van der Waals surface area contributed by atoms with Crippen LogP contribution in [0.4, 0.5) is 0 Å². The summed E-state index contributed by atoms with van der Waals surface area (Å²) in [6.07, 6.45) is 4.28. The van der Waals surface area contributed by atoms with Crippen LogP contribution < -0.4 is 0 Å². The molecule has 0 amide bonds. The van der Waals surface area contributed by atoms with Crippen molar-refractivity contribution in [2.75, 3.05) is 0 Å². The van der Waals surface area contributed by atoms with Gasteiger partial charge in [-0.2, -0.15) is 5.10 Å². The Balaban J connectivity index is 2.15. The summed E-state index contributed by atoms with van der Waals surface area (Å²) in [5.74, 6) is 0.637. The zero-order valence-electron chi connectivity index (χ0n) is 11.4. The smallest absolute Gasteiger partial charge is 0.166 e. The van der Waals surface area contributed by atoms with Gasteiger partial charge < -0.3 is 0 Å². The molecule has 2 aromatic rings. The molecule has 3 rings (SSSR count). The van der Waals surface area contributed by atoms with E-state index in [4.69, 9.17) is 0 Å². The lowest BCUT2D eigenvalue weighted by molar-refractivity contribution is 0.0952. The number of rotatable bonds is 2. The number of ketones is 1. The first-order chi connectivity index (χ1) is 9.20. The Labute approximate surface area is 113 Å². The lowest BCUT2D eigenvalue weighted by atomic mass is 9.88. The number of carbonyl (C=O) groups excluding carboxylic acids is 1. The van der Waals surface area contributed by atoms with Gasteiger partial charge in [0, 0.05) is 6.42 Å². The minimum Gasteiger partial charge on any atom is -0.294 e. The standard InChI is InChI=1S/C16H18N2O/c1-3-12-6-4-5-7-14(12)18-15-8-11(2)9-16(19)13(15)10-17-18/h4-7,10-11H,3,8-9H2,1-2H3/t11-/m1/s1. The van der Waals surface area contributed by atoms with Crippen LogP contribution in [0.1, 0.15) is 41.9 Å². The van der Waals surface area contributed by atoms with Crippen LogP contribution in [0.5, 0.6) is 0 Å². The van der Waals surface area contributed by atoms with Gasteiger partial charge >= 0.3 is 0 Å². The molecule has 1 aliphatic rings. The summed E-state index contributed by atoms with van der Waals surface area (Å²) in [5, 5.41) is 4.46. The van der Waals surface area contributed by atoms with Crippen LogP contribution >= 0.6 is 0 Å². The second-order valence-electron chi connectivity index (χ2n) is 5.34. The number of hydrogen-bond acceptors (Lipinski definition) is 2. The average Bonchev–Trinajstić information content (AvgIpc) is 2.82. The van der Waals surface area contributed by atoms with Crippen molar-refractivity contribution in [2.45, 2.75) is 33.1 Å². The van der Waals surface area contributed by atoms with Crippen molar-refractivity contribution < 1.29 is 4.79 Å². The third kappa shape index (κ3) is 1.99. The van der Waals surface area contributed by atoms with Gasteiger partial charge in [-0.15, -0.1) is 0 Å². The van der Waals surface area contributed by atoms with Gasteiger partial charge in [0.25, 0.3) is 0 Å². The molecular weight excluding hydrogens is 236 g/mol. The number of para-hydroxylation sites is 1. The number of nitrogens with zero attached hydrogens (tertiary/aromatic N) is 2. The Morgan fingerprint density at radius 2 is 2.11 bits per heavy atom. The van der Waals surface area contributed by atoms with E-state index in [0.717, 1.165) is 29.8 Å². The van der Waals surface area contributed by atoms with E-state index in [2.05, 4.69) is 31.1 Å². The van der Waals surface area contributed by atoms with Crippen molar-refractivity contribution in [3.8, 4) is 5.69 Å². The Bertz CT molecular complexity index is 627. The number of aryl methyl sites for hydroxylation is 1. The van der Waals surface area contributed by atoms with E-state index >= 15 is 0 Å². The molecule has 0 radical (unpaired) electrons. The normalized spacial score (nSPS) is 18.4.